The number of carbonyl (C=O) groups is 1. The largest absolute Gasteiger partial charge is 0.378 e. The molecule has 0 aliphatic rings. The molecule has 0 saturated heterocycles. The first kappa shape index (κ1) is 27.8. The van der Waals surface area contributed by atoms with Crippen LogP contribution < -0.4 is 10.6 Å². The lowest BCUT2D eigenvalue weighted by Gasteiger charge is -2.26. The summed E-state index contributed by atoms with van der Waals surface area (Å²) in [4.78, 5) is 13.3. The van der Waals surface area contributed by atoms with Crippen LogP contribution in [0.15, 0.2) is 0 Å². The summed E-state index contributed by atoms with van der Waals surface area (Å²) in [6.07, 6.45) is 7.74. The predicted octanol–water partition coefficient (Wildman–Crippen LogP) is 2.94. The molecule has 0 rings (SSSR count). The van der Waals surface area contributed by atoms with E-state index in [0.29, 0.717) is 16.0 Å². The molecular formula is C18H36Br3N3O3. The summed E-state index contributed by atoms with van der Waals surface area (Å²) in [7, 11) is 0. The van der Waals surface area contributed by atoms with Gasteiger partial charge in [0.25, 0.3) is 0 Å². The van der Waals surface area contributed by atoms with Gasteiger partial charge in [0.15, 0.2) is 0 Å². The molecule has 0 radical (unpaired) electrons. The van der Waals surface area contributed by atoms with Crippen molar-refractivity contribution in [2.75, 3.05) is 42.2 Å². The second-order valence-corrected chi connectivity index (χ2v) is 8.46. The summed E-state index contributed by atoms with van der Waals surface area (Å²) in [6, 6.07) is 0. The molecule has 9 heteroatoms. The lowest BCUT2D eigenvalue weighted by atomic mass is 10.1. The molecule has 2 unspecified atom stereocenters. The maximum Gasteiger partial charge on any atom is 0.230 e. The van der Waals surface area contributed by atoms with Crippen molar-refractivity contribution < 1.29 is 15.0 Å². The smallest absolute Gasteiger partial charge is 0.230 e. The first-order valence-electron chi connectivity index (χ1n) is 9.83. The fourth-order valence-corrected chi connectivity index (χ4v) is 3.53. The van der Waals surface area contributed by atoms with Crippen LogP contribution in [0.5, 0.6) is 0 Å². The zero-order chi connectivity index (χ0) is 20.3. The summed E-state index contributed by atoms with van der Waals surface area (Å²) in [5, 5.41) is 26.9. The number of hydrogen-bond acceptors (Lipinski definition) is 5. The molecule has 162 valence electrons. The fraction of sp³-hybridized carbons (Fsp3) is 0.944. The van der Waals surface area contributed by atoms with E-state index in [9.17, 15) is 15.0 Å². The van der Waals surface area contributed by atoms with E-state index in [1.165, 1.54) is 0 Å². The highest BCUT2D eigenvalue weighted by molar-refractivity contribution is 9.09. The maximum atomic E-state index is 11.1. The highest BCUT2D eigenvalue weighted by Crippen LogP contribution is 2.09. The zero-order valence-corrected chi connectivity index (χ0v) is 20.9. The quantitative estimate of drug-likeness (QED) is 0.107. The summed E-state index contributed by atoms with van der Waals surface area (Å²) in [6.45, 7) is 3.38. The molecule has 1 amide bonds. The van der Waals surface area contributed by atoms with Crippen molar-refractivity contribution >= 4 is 53.7 Å². The van der Waals surface area contributed by atoms with Gasteiger partial charge in [0.05, 0.1) is 5.33 Å². The molecule has 0 aromatic heterocycles. The van der Waals surface area contributed by atoms with Gasteiger partial charge in [-0.15, -0.1) is 0 Å². The van der Waals surface area contributed by atoms with Gasteiger partial charge >= 0.3 is 0 Å². The van der Waals surface area contributed by atoms with Crippen LogP contribution in [-0.2, 0) is 4.79 Å². The highest BCUT2D eigenvalue weighted by Gasteiger charge is 2.13. The molecule has 0 aromatic rings. The molecule has 0 saturated carbocycles. The summed E-state index contributed by atoms with van der Waals surface area (Å²) in [5.41, 5.74) is 0. The molecule has 0 spiro atoms. The maximum absolute atomic E-state index is 11.1. The Bertz CT molecular complexity index is 355. The fourth-order valence-electron chi connectivity index (χ4n) is 2.69. The van der Waals surface area contributed by atoms with Gasteiger partial charge in [-0.25, -0.2) is 0 Å². The minimum Gasteiger partial charge on any atom is -0.378 e. The van der Waals surface area contributed by atoms with E-state index >= 15 is 0 Å². The SMILES string of the molecule is O=C(CBr)NCCCCCCN(CCCCCCNC(O)CBr)C(O)CBr. The molecule has 0 bridgehead atoms. The Morgan fingerprint density at radius 1 is 0.815 bits per heavy atom. The average Bonchev–Trinajstić information content (AvgIpc) is 2.69. The molecule has 0 aliphatic heterocycles. The van der Waals surface area contributed by atoms with Gasteiger partial charge in [-0.1, -0.05) is 73.5 Å². The minimum atomic E-state index is -0.463. The number of nitrogens with zero attached hydrogens (tertiary/aromatic N) is 1. The number of rotatable bonds is 19. The van der Waals surface area contributed by atoms with Crippen molar-refractivity contribution in [3.63, 3.8) is 0 Å². The Balaban J connectivity index is 3.72. The Morgan fingerprint density at radius 2 is 1.37 bits per heavy atom. The van der Waals surface area contributed by atoms with E-state index in [-0.39, 0.29) is 5.91 Å². The minimum absolute atomic E-state index is 0.0386. The molecule has 0 aromatic carbocycles. The Labute approximate surface area is 189 Å². The van der Waals surface area contributed by atoms with Gasteiger partial charge in [-0.2, -0.15) is 0 Å². The summed E-state index contributed by atoms with van der Waals surface area (Å²) in [5.74, 6) is 0.0386. The molecule has 27 heavy (non-hydrogen) atoms. The van der Waals surface area contributed by atoms with Crippen molar-refractivity contribution in [2.24, 2.45) is 0 Å². The Morgan fingerprint density at radius 3 is 1.89 bits per heavy atom. The standard InChI is InChI=1S/C18H36Br3N3O3/c19-13-16(25)22-9-5-1-3-7-11-24(18(27)15-21)12-8-4-2-6-10-23-17(26)14-20/h16,18,22,25,27H,1-15H2,(H,23,26). The van der Waals surface area contributed by atoms with E-state index in [0.717, 1.165) is 77.5 Å². The Kier molecular flexibility index (Phi) is 20.6. The topological polar surface area (TPSA) is 84.8 Å². The van der Waals surface area contributed by atoms with Gasteiger partial charge in [0, 0.05) is 30.3 Å². The van der Waals surface area contributed by atoms with Crippen LogP contribution in [0.2, 0.25) is 0 Å². The monoisotopic (exact) mass is 579 g/mol. The number of amides is 1. The van der Waals surface area contributed by atoms with Crippen molar-refractivity contribution in [3.05, 3.63) is 0 Å². The molecule has 0 fully saturated rings. The zero-order valence-electron chi connectivity index (χ0n) is 16.1. The number of unbranched alkanes of at least 4 members (excludes halogenated alkanes) is 6. The van der Waals surface area contributed by atoms with Gasteiger partial charge in [0.1, 0.15) is 12.5 Å². The van der Waals surface area contributed by atoms with E-state index in [1.807, 2.05) is 0 Å². The van der Waals surface area contributed by atoms with Gasteiger partial charge < -0.3 is 15.5 Å². The average molecular weight is 582 g/mol. The molecule has 0 heterocycles. The first-order valence-corrected chi connectivity index (χ1v) is 13.2. The van der Waals surface area contributed by atoms with Crippen LogP contribution in [0, 0.1) is 0 Å². The van der Waals surface area contributed by atoms with Crippen LogP contribution in [0.1, 0.15) is 51.4 Å². The van der Waals surface area contributed by atoms with Crippen molar-refractivity contribution in [1.29, 1.82) is 0 Å². The van der Waals surface area contributed by atoms with Crippen LogP contribution in [0.25, 0.3) is 0 Å². The number of alkyl halides is 3. The van der Waals surface area contributed by atoms with Crippen molar-refractivity contribution in [1.82, 2.24) is 15.5 Å². The van der Waals surface area contributed by atoms with Crippen LogP contribution in [-0.4, -0.2) is 75.6 Å². The van der Waals surface area contributed by atoms with Crippen molar-refractivity contribution in [3.8, 4) is 0 Å². The first-order chi connectivity index (χ1) is 13.0. The molecular weight excluding hydrogens is 546 g/mol. The van der Waals surface area contributed by atoms with Gasteiger partial charge in [0.2, 0.25) is 5.91 Å². The highest BCUT2D eigenvalue weighted by atomic mass is 79.9. The van der Waals surface area contributed by atoms with E-state index in [2.05, 4.69) is 63.3 Å². The number of halogens is 3. The molecule has 6 nitrogen and oxygen atoms in total. The normalized spacial score (nSPS) is 13.7. The number of hydrogen-bond donors (Lipinski definition) is 4. The molecule has 2 atom stereocenters. The lowest BCUT2D eigenvalue weighted by Crippen LogP contribution is -2.38. The number of nitrogens with one attached hydrogen (secondary N) is 2. The van der Waals surface area contributed by atoms with E-state index in [4.69, 9.17) is 0 Å². The van der Waals surface area contributed by atoms with E-state index < -0.39 is 12.5 Å². The number of carbonyl (C=O) groups excluding carboxylic acids is 1. The third-order valence-electron chi connectivity index (χ3n) is 4.27. The van der Waals surface area contributed by atoms with Gasteiger partial charge in [-0.3, -0.25) is 15.0 Å². The van der Waals surface area contributed by atoms with Crippen LogP contribution >= 0.6 is 47.8 Å². The third-order valence-corrected chi connectivity index (χ3v) is 5.98. The predicted molar refractivity (Wildman–Crippen MR) is 123 cm³/mol. The second-order valence-electron chi connectivity index (χ2n) is 6.61. The second kappa shape index (κ2) is 20.0. The van der Waals surface area contributed by atoms with Crippen LogP contribution in [0.4, 0.5) is 0 Å². The lowest BCUT2D eigenvalue weighted by molar-refractivity contribution is -0.118. The number of aliphatic hydroxyl groups excluding tert-OH is 2. The summed E-state index contributed by atoms with van der Waals surface area (Å²) >= 11 is 9.73. The third kappa shape index (κ3) is 17.3. The summed E-state index contributed by atoms with van der Waals surface area (Å²) < 4.78 is 0. The van der Waals surface area contributed by atoms with Crippen molar-refractivity contribution in [2.45, 2.75) is 63.8 Å². The number of aliphatic hydroxyl groups is 2. The molecule has 0 aliphatic carbocycles. The van der Waals surface area contributed by atoms with Gasteiger partial charge in [-0.05, 0) is 32.2 Å². The Hall–Kier alpha value is 0.750. The van der Waals surface area contributed by atoms with Crippen LogP contribution in [0.3, 0.4) is 0 Å². The molecule has 4 N–H and O–H groups in total. The van der Waals surface area contributed by atoms with E-state index in [1.54, 1.807) is 0 Å².